The number of nitrogens with zero attached hydrogens (tertiary/aromatic N) is 1. The highest BCUT2D eigenvalue weighted by molar-refractivity contribution is 5.93. The molecule has 4 saturated carbocycles. The zero-order valence-corrected chi connectivity index (χ0v) is 18.6. The van der Waals surface area contributed by atoms with Crippen LogP contribution in [-0.4, -0.2) is 36.5 Å². The Morgan fingerprint density at radius 1 is 1.03 bits per heavy atom. The maximum atomic E-state index is 13.3. The van der Waals surface area contributed by atoms with E-state index in [0.717, 1.165) is 70.2 Å². The molecule has 0 spiro atoms. The van der Waals surface area contributed by atoms with Gasteiger partial charge in [0.1, 0.15) is 17.7 Å². The molecule has 29 heavy (non-hydrogen) atoms. The lowest BCUT2D eigenvalue weighted by Gasteiger charge is -2.58. The van der Waals surface area contributed by atoms with Gasteiger partial charge in [-0.2, -0.15) is 0 Å². The molecule has 5 nitrogen and oxygen atoms in total. The van der Waals surface area contributed by atoms with Gasteiger partial charge in [0.25, 0.3) is 0 Å². The third kappa shape index (κ3) is 3.27. The van der Waals surface area contributed by atoms with Gasteiger partial charge in [-0.05, 0) is 68.2 Å². The number of rotatable bonds is 2. The number of ketones is 2. The molecule has 1 N–H and O–H groups in total. The Bertz CT molecular complexity index is 719. The minimum absolute atomic E-state index is 0. The molecule has 5 aliphatic rings. The fourth-order valence-electron chi connectivity index (χ4n) is 7.57. The molecule has 7 atom stereocenters. The second-order valence-corrected chi connectivity index (χ2v) is 10.6. The van der Waals surface area contributed by atoms with Gasteiger partial charge in [-0.3, -0.25) is 9.59 Å². The standard InChI is InChI=1S/C23H34N2O3.ClH/c1-22-8-5-14(25-28-15-7-10-24-13-15)11-19(22)20(26)12-16-17-3-4-21(27)23(17,2)9-6-18(16)22;/h15-19,24H,3-13H2,1-2H3;1H/b25-14+;/t15-,16-,17-,18-,19+,22+,23-;/m0./s1. The summed E-state index contributed by atoms with van der Waals surface area (Å²) in [6, 6.07) is 0. The van der Waals surface area contributed by atoms with Crippen molar-refractivity contribution < 1.29 is 14.4 Å². The number of nitrogens with one attached hydrogen (secondary N) is 1. The van der Waals surface area contributed by atoms with E-state index in [1.165, 1.54) is 0 Å². The van der Waals surface area contributed by atoms with Crippen LogP contribution in [-0.2, 0) is 14.4 Å². The first-order valence-electron chi connectivity index (χ1n) is 11.4. The molecule has 1 aliphatic heterocycles. The normalized spacial score (nSPS) is 47.9. The monoisotopic (exact) mass is 422 g/mol. The van der Waals surface area contributed by atoms with E-state index in [0.29, 0.717) is 35.7 Å². The van der Waals surface area contributed by atoms with Gasteiger partial charge in [0, 0.05) is 37.1 Å². The maximum absolute atomic E-state index is 13.3. The van der Waals surface area contributed by atoms with Crippen molar-refractivity contribution in [1.29, 1.82) is 0 Å². The van der Waals surface area contributed by atoms with Gasteiger partial charge in [0.05, 0.1) is 5.71 Å². The Hall–Kier alpha value is -0.940. The fraction of sp³-hybridized carbons (Fsp3) is 0.870. The Kier molecular flexibility index (Phi) is 5.61. The number of Topliss-reactive ketones (excluding diaryl/α,β-unsaturated/α-hetero) is 2. The van der Waals surface area contributed by atoms with Crippen LogP contribution < -0.4 is 5.32 Å². The molecule has 5 rings (SSSR count). The second-order valence-electron chi connectivity index (χ2n) is 10.6. The lowest BCUT2D eigenvalue weighted by atomic mass is 9.45. The van der Waals surface area contributed by atoms with E-state index >= 15 is 0 Å². The summed E-state index contributed by atoms with van der Waals surface area (Å²) in [6.45, 7) is 6.42. The highest BCUT2D eigenvalue weighted by Crippen LogP contribution is 2.64. The highest BCUT2D eigenvalue weighted by atomic mass is 35.5. The minimum atomic E-state index is -0.158. The molecule has 1 heterocycles. The molecule has 0 radical (unpaired) electrons. The zero-order valence-electron chi connectivity index (χ0n) is 17.7. The number of halogens is 1. The van der Waals surface area contributed by atoms with E-state index in [9.17, 15) is 9.59 Å². The van der Waals surface area contributed by atoms with Gasteiger partial charge < -0.3 is 10.2 Å². The van der Waals surface area contributed by atoms with Gasteiger partial charge in [0.2, 0.25) is 0 Å². The summed E-state index contributed by atoms with van der Waals surface area (Å²) in [6.07, 6.45) is 8.50. The van der Waals surface area contributed by atoms with Crippen LogP contribution in [0, 0.1) is 34.5 Å². The molecular formula is C23H35ClN2O3. The largest absolute Gasteiger partial charge is 0.391 e. The third-order valence-electron chi connectivity index (χ3n) is 9.35. The molecule has 162 valence electrons. The topological polar surface area (TPSA) is 67.8 Å². The Labute approximate surface area is 180 Å². The predicted molar refractivity (Wildman–Crippen MR) is 114 cm³/mol. The molecular weight excluding hydrogens is 388 g/mol. The van der Waals surface area contributed by atoms with E-state index in [1.807, 2.05) is 0 Å². The van der Waals surface area contributed by atoms with Crippen molar-refractivity contribution in [3.05, 3.63) is 0 Å². The average Bonchev–Trinajstić information content (AvgIpc) is 3.29. The molecule has 0 bridgehead atoms. The summed E-state index contributed by atoms with van der Waals surface area (Å²) >= 11 is 0. The molecule has 0 unspecified atom stereocenters. The van der Waals surface area contributed by atoms with Crippen molar-refractivity contribution in [3.63, 3.8) is 0 Å². The Morgan fingerprint density at radius 2 is 1.86 bits per heavy atom. The van der Waals surface area contributed by atoms with Crippen molar-refractivity contribution >= 4 is 29.7 Å². The Balaban J connectivity index is 0.00000205. The molecule has 1 saturated heterocycles. The van der Waals surface area contributed by atoms with Crippen LogP contribution in [0.2, 0.25) is 0 Å². The van der Waals surface area contributed by atoms with Crippen LogP contribution in [0.5, 0.6) is 0 Å². The molecule has 5 fully saturated rings. The number of oxime groups is 1. The van der Waals surface area contributed by atoms with Crippen molar-refractivity contribution in [1.82, 2.24) is 5.32 Å². The molecule has 6 heteroatoms. The first kappa shape index (κ1) is 21.3. The number of hydrogen-bond donors (Lipinski definition) is 1. The maximum Gasteiger partial charge on any atom is 0.141 e. The van der Waals surface area contributed by atoms with Crippen LogP contribution in [0.1, 0.15) is 71.6 Å². The number of fused-ring (bicyclic) bond motifs is 5. The summed E-state index contributed by atoms with van der Waals surface area (Å²) in [7, 11) is 0. The lowest BCUT2D eigenvalue weighted by molar-refractivity contribution is -0.152. The zero-order chi connectivity index (χ0) is 19.5. The summed E-state index contributed by atoms with van der Waals surface area (Å²) in [5.41, 5.74) is 0.994. The predicted octanol–water partition coefficient (Wildman–Crippen LogP) is 3.93. The van der Waals surface area contributed by atoms with E-state index < -0.39 is 0 Å². The molecule has 0 aromatic carbocycles. The van der Waals surface area contributed by atoms with Crippen LogP contribution >= 0.6 is 12.4 Å². The van der Waals surface area contributed by atoms with Gasteiger partial charge in [-0.25, -0.2) is 0 Å². The van der Waals surface area contributed by atoms with Crippen LogP contribution in [0.15, 0.2) is 5.16 Å². The molecule has 0 amide bonds. The first-order chi connectivity index (χ1) is 13.4. The van der Waals surface area contributed by atoms with E-state index in [-0.39, 0.29) is 35.3 Å². The van der Waals surface area contributed by atoms with Crippen molar-refractivity contribution in [2.24, 2.45) is 39.7 Å². The van der Waals surface area contributed by atoms with Crippen molar-refractivity contribution in [2.45, 2.75) is 77.7 Å². The molecule has 0 aromatic rings. The van der Waals surface area contributed by atoms with Crippen molar-refractivity contribution in [2.75, 3.05) is 13.1 Å². The number of carbonyl (C=O) groups excluding carboxylic acids is 2. The lowest BCUT2D eigenvalue weighted by Crippen LogP contribution is -2.56. The highest BCUT2D eigenvalue weighted by Gasteiger charge is 2.62. The third-order valence-corrected chi connectivity index (χ3v) is 9.35. The van der Waals surface area contributed by atoms with Gasteiger partial charge in [-0.1, -0.05) is 19.0 Å². The minimum Gasteiger partial charge on any atom is -0.391 e. The van der Waals surface area contributed by atoms with E-state index in [2.05, 4.69) is 24.3 Å². The Morgan fingerprint density at radius 3 is 2.62 bits per heavy atom. The molecule has 0 aromatic heterocycles. The summed E-state index contributed by atoms with van der Waals surface area (Å²) < 4.78 is 0. The summed E-state index contributed by atoms with van der Waals surface area (Å²) in [5.74, 6) is 2.38. The van der Waals surface area contributed by atoms with Crippen molar-refractivity contribution in [3.8, 4) is 0 Å². The van der Waals surface area contributed by atoms with Gasteiger partial charge in [-0.15, -0.1) is 12.4 Å². The quantitative estimate of drug-likeness (QED) is 0.684. The fourth-order valence-corrected chi connectivity index (χ4v) is 7.57. The molecule has 4 aliphatic carbocycles. The number of carbonyl (C=O) groups is 2. The van der Waals surface area contributed by atoms with Crippen LogP contribution in [0.25, 0.3) is 0 Å². The average molecular weight is 423 g/mol. The second kappa shape index (κ2) is 7.64. The van der Waals surface area contributed by atoms with Crippen LogP contribution in [0.4, 0.5) is 0 Å². The van der Waals surface area contributed by atoms with Crippen LogP contribution in [0.3, 0.4) is 0 Å². The van der Waals surface area contributed by atoms with Gasteiger partial charge in [0.15, 0.2) is 0 Å². The summed E-state index contributed by atoms with van der Waals surface area (Å²) in [5, 5.41) is 7.78. The summed E-state index contributed by atoms with van der Waals surface area (Å²) in [4.78, 5) is 31.6. The smallest absolute Gasteiger partial charge is 0.141 e. The number of hydrogen-bond acceptors (Lipinski definition) is 5. The first-order valence-corrected chi connectivity index (χ1v) is 11.4. The SMILES string of the molecule is C[C@]12CC/C(=N\O[C@H]3CCNC3)C[C@@H]1C(=O)C[C@@H]1[C@@H]2CC[C@]2(C)C(=O)CC[C@@H]12.Cl. The van der Waals surface area contributed by atoms with Gasteiger partial charge >= 0.3 is 0 Å². The van der Waals surface area contributed by atoms with E-state index in [4.69, 9.17) is 4.84 Å². The van der Waals surface area contributed by atoms with E-state index in [1.54, 1.807) is 0 Å².